The topological polar surface area (TPSA) is 93.3 Å². The smallest absolute Gasteiger partial charge is 0.244 e. The van der Waals surface area contributed by atoms with Gasteiger partial charge >= 0.3 is 0 Å². The van der Waals surface area contributed by atoms with Crippen molar-refractivity contribution in [3.05, 3.63) is 35.2 Å². The molecule has 2 aliphatic rings. The van der Waals surface area contributed by atoms with Crippen LogP contribution in [0.1, 0.15) is 42.1 Å². The number of H-pyrrole nitrogens is 1. The second-order valence-corrected chi connectivity index (χ2v) is 9.00. The summed E-state index contributed by atoms with van der Waals surface area (Å²) in [6.07, 6.45) is 3.12. The Labute approximate surface area is 159 Å². The molecule has 2 heterocycles. The number of hydrogen-bond donors (Lipinski definition) is 2. The van der Waals surface area contributed by atoms with Gasteiger partial charge in [-0.3, -0.25) is 5.10 Å². The molecule has 1 aliphatic carbocycles. The van der Waals surface area contributed by atoms with Crippen molar-refractivity contribution in [2.24, 2.45) is 5.92 Å². The van der Waals surface area contributed by atoms with Crippen LogP contribution < -0.4 is 14.2 Å². The highest BCUT2D eigenvalue weighted by Crippen LogP contribution is 2.46. The van der Waals surface area contributed by atoms with Crippen molar-refractivity contribution >= 4 is 10.0 Å². The number of aryl methyl sites for hydroxylation is 2. The van der Waals surface area contributed by atoms with Gasteiger partial charge in [0.05, 0.1) is 11.4 Å². The minimum absolute atomic E-state index is 0.254. The van der Waals surface area contributed by atoms with Crippen LogP contribution in [0.2, 0.25) is 0 Å². The number of aromatic amines is 1. The Kier molecular flexibility index (Phi) is 4.86. The molecule has 2 N–H and O–H groups in total. The maximum Gasteiger partial charge on any atom is 0.244 e. The first kappa shape index (κ1) is 18.3. The molecule has 27 heavy (non-hydrogen) atoms. The van der Waals surface area contributed by atoms with E-state index in [4.69, 9.17) is 9.47 Å². The minimum Gasteiger partial charge on any atom is -0.486 e. The van der Waals surface area contributed by atoms with E-state index in [1.807, 2.05) is 6.07 Å². The van der Waals surface area contributed by atoms with Crippen LogP contribution in [0.25, 0.3) is 0 Å². The molecule has 0 spiro atoms. The van der Waals surface area contributed by atoms with E-state index >= 15 is 0 Å². The average molecular weight is 391 g/mol. The van der Waals surface area contributed by atoms with Crippen LogP contribution in [-0.4, -0.2) is 38.4 Å². The van der Waals surface area contributed by atoms with Crippen molar-refractivity contribution in [3.63, 3.8) is 0 Å². The maximum atomic E-state index is 12.6. The first-order valence-electron chi connectivity index (χ1n) is 9.36. The van der Waals surface area contributed by atoms with Crippen molar-refractivity contribution in [2.75, 3.05) is 19.8 Å². The number of rotatable bonds is 7. The standard InChI is InChI=1S/C19H25N3O4S/c1-12-19(13(2)22-21-12)27(23,24)20-8-7-16(14-3-4-14)15-5-6-17-18(11-15)26-10-9-25-17/h5-6,11,14,16,20H,3-4,7-10H2,1-2H3,(H,21,22). The predicted octanol–water partition coefficient (Wildman–Crippen LogP) is 2.66. The highest BCUT2D eigenvalue weighted by atomic mass is 32.2. The summed E-state index contributed by atoms with van der Waals surface area (Å²) in [6, 6.07) is 6.09. The summed E-state index contributed by atoms with van der Waals surface area (Å²) in [6.45, 7) is 4.94. The lowest BCUT2D eigenvalue weighted by molar-refractivity contribution is 0.171. The Morgan fingerprint density at radius 1 is 1.22 bits per heavy atom. The lowest BCUT2D eigenvalue weighted by Gasteiger charge is -2.22. The molecule has 0 radical (unpaired) electrons. The van der Waals surface area contributed by atoms with Crippen LogP contribution in [-0.2, 0) is 10.0 Å². The van der Waals surface area contributed by atoms with Crippen LogP contribution in [0.15, 0.2) is 23.1 Å². The number of sulfonamides is 1. The largest absolute Gasteiger partial charge is 0.486 e. The molecule has 0 saturated heterocycles. The van der Waals surface area contributed by atoms with Crippen LogP contribution in [0.4, 0.5) is 0 Å². The summed E-state index contributed by atoms with van der Waals surface area (Å²) in [5.74, 6) is 2.49. The fraction of sp³-hybridized carbons (Fsp3) is 0.526. The SMILES string of the molecule is Cc1n[nH]c(C)c1S(=O)(=O)NCCC(c1ccc2c(c1)OCCO2)C1CC1. The molecule has 1 aromatic carbocycles. The molecule has 1 fully saturated rings. The zero-order valence-electron chi connectivity index (χ0n) is 15.6. The Bertz CT molecular complexity index is 915. The summed E-state index contributed by atoms with van der Waals surface area (Å²) in [5, 5.41) is 6.71. The summed E-state index contributed by atoms with van der Waals surface area (Å²) in [7, 11) is -3.56. The van der Waals surface area contributed by atoms with E-state index in [1.54, 1.807) is 13.8 Å². The number of aromatic nitrogens is 2. The van der Waals surface area contributed by atoms with Gasteiger partial charge in [0.1, 0.15) is 18.1 Å². The fourth-order valence-corrected chi connectivity index (χ4v) is 5.24. The van der Waals surface area contributed by atoms with Crippen molar-refractivity contribution < 1.29 is 17.9 Å². The van der Waals surface area contributed by atoms with Gasteiger partial charge in [-0.1, -0.05) is 6.07 Å². The number of benzene rings is 1. The van der Waals surface area contributed by atoms with Gasteiger partial charge in [0.15, 0.2) is 11.5 Å². The second kappa shape index (κ2) is 7.16. The molecule has 2 aromatic rings. The third kappa shape index (κ3) is 3.82. The van der Waals surface area contributed by atoms with Crippen molar-refractivity contribution in [2.45, 2.75) is 43.9 Å². The number of fused-ring (bicyclic) bond motifs is 1. The lowest BCUT2D eigenvalue weighted by atomic mass is 9.91. The van der Waals surface area contributed by atoms with Crippen LogP contribution in [0, 0.1) is 19.8 Å². The molecule has 1 saturated carbocycles. The molecule has 8 heteroatoms. The van der Waals surface area contributed by atoms with Gasteiger partial charge in [-0.15, -0.1) is 0 Å². The number of nitrogens with one attached hydrogen (secondary N) is 2. The molecule has 0 amide bonds. The molecule has 1 atom stereocenters. The second-order valence-electron chi connectivity index (χ2n) is 7.30. The zero-order valence-corrected chi connectivity index (χ0v) is 16.4. The normalized spacial score (nSPS) is 17.7. The van der Waals surface area contributed by atoms with E-state index in [2.05, 4.69) is 27.1 Å². The van der Waals surface area contributed by atoms with E-state index in [-0.39, 0.29) is 4.90 Å². The summed E-state index contributed by atoms with van der Waals surface area (Å²) in [4.78, 5) is 0.254. The molecule has 1 unspecified atom stereocenters. The van der Waals surface area contributed by atoms with E-state index < -0.39 is 10.0 Å². The van der Waals surface area contributed by atoms with E-state index in [9.17, 15) is 8.42 Å². The number of hydrogen-bond acceptors (Lipinski definition) is 5. The average Bonchev–Trinajstić information content (AvgIpc) is 3.42. The third-order valence-corrected chi connectivity index (χ3v) is 6.99. The minimum atomic E-state index is -3.56. The Morgan fingerprint density at radius 3 is 2.63 bits per heavy atom. The fourth-order valence-electron chi connectivity index (χ4n) is 3.82. The van der Waals surface area contributed by atoms with Gasteiger partial charge in [-0.25, -0.2) is 13.1 Å². The van der Waals surface area contributed by atoms with Gasteiger partial charge < -0.3 is 9.47 Å². The van der Waals surface area contributed by atoms with Gasteiger partial charge in [0, 0.05) is 6.54 Å². The highest BCUT2D eigenvalue weighted by Gasteiger charge is 2.33. The van der Waals surface area contributed by atoms with Crippen LogP contribution in [0.3, 0.4) is 0 Å². The first-order valence-corrected chi connectivity index (χ1v) is 10.8. The molecule has 0 bridgehead atoms. The number of ether oxygens (including phenoxy) is 2. The van der Waals surface area contributed by atoms with Crippen LogP contribution >= 0.6 is 0 Å². The molecule has 1 aliphatic heterocycles. The van der Waals surface area contributed by atoms with E-state index in [0.717, 1.165) is 17.9 Å². The lowest BCUT2D eigenvalue weighted by Crippen LogP contribution is -2.27. The Morgan fingerprint density at radius 2 is 1.96 bits per heavy atom. The Balaban J connectivity index is 1.46. The summed E-state index contributed by atoms with van der Waals surface area (Å²) >= 11 is 0. The van der Waals surface area contributed by atoms with Gasteiger partial charge in [-0.2, -0.15) is 5.10 Å². The van der Waals surface area contributed by atoms with Gasteiger partial charge in [0.2, 0.25) is 10.0 Å². The van der Waals surface area contributed by atoms with Crippen molar-refractivity contribution in [1.82, 2.24) is 14.9 Å². The molecular weight excluding hydrogens is 366 g/mol. The monoisotopic (exact) mass is 391 g/mol. The molecule has 146 valence electrons. The van der Waals surface area contributed by atoms with E-state index in [0.29, 0.717) is 43.0 Å². The molecular formula is C19H25N3O4S. The van der Waals surface area contributed by atoms with Gasteiger partial charge in [0.25, 0.3) is 0 Å². The maximum absolute atomic E-state index is 12.6. The van der Waals surface area contributed by atoms with Crippen molar-refractivity contribution in [1.29, 1.82) is 0 Å². The summed E-state index contributed by atoms with van der Waals surface area (Å²) in [5.41, 5.74) is 2.24. The summed E-state index contributed by atoms with van der Waals surface area (Å²) < 4.78 is 39.3. The molecule has 4 rings (SSSR count). The van der Waals surface area contributed by atoms with E-state index in [1.165, 1.54) is 18.4 Å². The molecule has 1 aromatic heterocycles. The van der Waals surface area contributed by atoms with Crippen molar-refractivity contribution in [3.8, 4) is 11.5 Å². The first-order chi connectivity index (χ1) is 13.0. The third-order valence-electron chi connectivity index (χ3n) is 5.26. The predicted molar refractivity (Wildman–Crippen MR) is 101 cm³/mol. The van der Waals surface area contributed by atoms with Gasteiger partial charge in [-0.05, 0) is 62.6 Å². The number of nitrogens with zero attached hydrogens (tertiary/aromatic N) is 1. The highest BCUT2D eigenvalue weighted by molar-refractivity contribution is 7.89. The quantitative estimate of drug-likeness (QED) is 0.757. The molecule has 7 nitrogen and oxygen atoms in total. The zero-order chi connectivity index (χ0) is 19.0. The Hall–Kier alpha value is -2.06. The van der Waals surface area contributed by atoms with Crippen LogP contribution in [0.5, 0.6) is 11.5 Å².